The van der Waals surface area contributed by atoms with Crippen LogP contribution in [0.2, 0.25) is 0 Å². The number of halogens is 1. The Bertz CT molecular complexity index is 957. The van der Waals surface area contributed by atoms with Gasteiger partial charge in [0, 0.05) is 14.4 Å². The van der Waals surface area contributed by atoms with Crippen molar-refractivity contribution in [2.45, 2.75) is 55.4 Å². The maximum absolute atomic E-state index is 2.56. The Labute approximate surface area is 178 Å². The van der Waals surface area contributed by atoms with Crippen molar-refractivity contribution >= 4 is 22.6 Å². The zero-order chi connectivity index (χ0) is 20.0. The zero-order valence-electron chi connectivity index (χ0n) is 17.9. The second kappa shape index (κ2) is 5.49. The third-order valence-electron chi connectivity index (χ3n) is 7.22. The summed E-state index contributed by atoms with van der Waals surface area (Å²) in [6.07, 6.45) is 17.0. The summed E-state index contributed by atoms with van der Waals surface area (Å²) in [7, 11) is 0. The van der Waals surface area contributed by atoms with E-state index >= 15 is 0 Å². The fraction of sp³-hybridized carbons (Fsp3) is 0.462. The fourth-order valence-corrected chi connectivity index (χ4v) is 5.99. The van der Waals surface area contributed by atoms with Gasteiger partial charge in [0.2, 0.25) is 0 Å². The molecule has 0 aromatic rings. The predicted molar refractivity (Wildman–Crippen MR) is 126 cm³/mol. The molecule has 0 saturated carbocycles. The van der Waals surface area contributed by atoms with E-state index in [4.69, 9.17) is 0 Å². The molecule has 0 heterocycles. The lowest BCUT2D eigenvalue weighted by molar-refractivity contribution is 0.245. The van der Waals surface area contributed by atoms with Gasteiger partial charge < -0.3 is 0 Å². The van der Waals surface area contributed by atoms with Crippen LogP contribution in [0.5, 0.6) is 0 Å². The van der Waals surface area contributed by atoms with Crippen molar-refractivity contribution in [1.82, 2.24) is 0 Å². The van der Waals surface area contributed by atoms with Crippen molar-refractivity contribution in [3.8, 4) is 0 Å². The monoisotopic (exact) mass is 470 g/mol. The second-order valence-corrected chi connectivity index (χ2v) is 12.0. The van der Waals surface area contributed by atoms with E-state index in [2.05, 4.69) is 121 Å². The van der Waals surface area contributed by atoms with E-state index < -0.39 is 0 Å². The first-order valence-electron chi connectivity index (χ1n) is 9.99. The van der Waals surface area contributed by atoms with Gasteiger partial charge in [-0.1, -0.05) is 91.8 Å². The van der Waals surface area contributed by atoms with E-state index in [9.17, 15) is 0 Å². The average molecular weight is 470 g/mol. The molecule has 0 N–H and O–H groups in total. The second-order valence-electron chi connectivity index (χ2n) is 10.8. The van der Waals surface area contributed by atoms with E-state index in [0.29, 0.717) is 0 Å². The van der Waals surface area contributed by atoms with E-state index in [1.54, 1.807) is 0 Å². The van der Waals surface area contributed by atoms with Crippen LogP contribution < -0.4 is 0 Å². The molecule has 27 heavy (non-hydrogen) atoms. The van der Waals surface area contributed by atoms with Crippen molar-refractivity contribution in [2.75, 3.05) is 0 Å². The van der Waals surface area contributed by atoms with Gasteiger partial charge in [-0.05, 0) is 72.9 Å². The molecule has 4 aliphatic rings. The van der Waals surface area contributed by atoms with Crippen LogP contribution in [0.1, 0.15) is 55.4 Å². The molecule has 0 saturated heterocycles. The zero-order valence-corrected chi connectivity index (χ0v) is 20.1. The molecule has 2 atom stereocenters. The van der Waals surface area contributed by atoms with Crippen LogP contribution in [0.25, 0.3) is 0 Å². The highest BCUT2D eigenvalue weighted by atomic mass is 127. The minimum atomic E-state index is -0.0111. The molecule has 0 nitrogen and oxygen atoms in total. The van der Waals surface area contributed by atoms with Crippen molar-refractivity contribution in [1.29, 1.82) is 0 Å². The van der Waals surface area contributed by atoms with Gasteiger partial charge in [-0.15, -0.1) is 0 Å². The first kappa shape index (κ1) is 19.2. The fourth-order valence-electron chi connectivity index (χ4n) is 4.96. The molecular formula is C26H31I. The van der Waals surface area contributed by atoms with Gasteiger partial charge in [0.05, 0.1) is 0 Å². The topological polar surface area (TPSA) is 0 Å². The lowest BCUT2D eigenvalue weighted by Crippen LogP contribution is -2.48. The largest absolute Gasteiger partial charge is 0.0578 e. The van der Waals surface area contributed by atoms with Gasteiger partial charge in [0.15, 0.2) is 0 Å². The third kappa shape index (κ3) is 2.46. The maximum Gasteiger partial charge on any atom is 0.0319 e. The van der Waals surface area contributed by atoms with Crippen LogP contribution in [-0.4, -0.2) is 0 Å². The third-order valence-corrected chi connectivity index (χ3v) is 8.11. The SMILES string of the molecule is CC(C)(C)C1=CC2=CC(I)=C3C=C(C(C)(C)C)C=C4C=CC(=C1)[C@@]2(C)[C@]43C. The highest BCUT2D eigenvalue weighted by Crippen LogP contribution is 2.67. The summed E-state index contributed by atoms with van der Waals surface area (Å²) in [6.45, 7) is 18.8. The van der Waals surface area contributed by atoms with Gasteiger partial charge >= 0.3 is 0 Å². The first-order chi connectivity index (χ1) is 12.3. The van der Waals surface area contributed by atoms with Gasteiger partial charge in [-0.25, -0.2) is 0 Å². The molecule has 0 bridgehead atoms. The standard InChI is InChI=1S/C26H31I/c1-23(2,3)18-11-16-9-10-17-12-19(24(4,5)6)14-21-22(27)15-20(13-18)25(16,7)26(17,21)8/h9-15H,1-8H3/t25-,26-/m1/s1. The molecule has 0 aliphatic heterocycles. The van der Waals surface area contributed by atoms with Crippen LogP contribution >= 0.6 is 22.6 Å². The van der Waals surface area contributed by atoms with Crippen molar-refractivity contribution in [3.63, 3.8) is 0 Å². The number of rotatable bonds is 0. The van der Waals surface area contributed by atoms with E-state index in [-0.39, 0.29) is 21.7 Å². The highest BCUT2D eigenvalue weighted by Gasteiger charge is 2.57. The minimum absolute atomic E-state index is 0.00769. The Morgan fingerprint density at radius 1 is 0.630 bits per heavy atom. The molecule has 1 heteroatoms. The molecule has 0 amide bonds. The Balaban J connectivity index is 2.06. The quantitative estimate of drug-likeness (QED) is 0.315. The summed E-state index contributed by atoms with van der Waals surface area (Å²) < 4.78 is 1.39. The normalized spacial score (nSPS) is 32.3. The van der Waals surface area contributed by atoms with E-state index in [0.717, 1.165) is 0 Å². The lowest BCUT2D eigenvalue weighted by Gasteiger charge is -2.57. The molecule has 0 unspecified atom stereocenters. The van der Waals surface area contributed by atoms with Crippen LogP contribution in [0, 0.1) is 21.7 Å². The predicted octanol–water partition coefficient (Wildman–Crippen LogP) is 8.02. The number of allylic oxidation sites excluding steroid dienone is 14. The molecule has 0 spiro atoms. The maximum atomic E-state index is 2.56. The Morgan fingerprint density at radius 2 is 1.11 bits per heavy atom. The summed E-state index contributed by atoms with van der Waals surface area (Å²) in [5.74, 6) is 0. The van der Waals surface area contributed by atoms with Crippen LogP contribution in [0.4, 0.5) is 0 Å². The molecule has 142 valence electrons. The lowest BCUT2D eigenvalue weighted by atomic mass is 9.45. The summed E-state index contributed by atoms with van der Waals surface area (Å²) in [6, 6.07) is 0. The van der Waals surface area contributed by atoms with Gasteiger partial charge in [0.1, 0.15) is 0 Å². The molecular weight excluding hydrogens is 439 g/mol. The summed E-state index contributed by atoms with van der Waals surface area (Å²) in [5, 5.41) is 0. The number of hydrogen-bond acceptors (Lipinski definition) is 0. The van der Waals surface area contributed by atoms with Gasteiger partial charge in [-0.2, -0.15) is 0 Å². The Morgan fingerprint density at radius 3 is 1.63 bits per heavy atom. The van der Waals surface area contributed by atoms with Crippen LogP contribution in [-0.2, 0) is 0 Å². The minimum Gasteiger partial charge on any atom is -0.0578 e. The average Bonchev–Trinajstić information content (AvgIpc) is 2.52. The Kier molecular flexibility index (Phi) is 3.91. The van der Waals surface area contributed by atoms with E-state index in [1.165, 1.54) is 37.0 Å². The Hall–Kier alpha value is -1.09. The molecule has 4 rings (SSSR count). The summed E-state index contributed by atoms with van der Waals surface area (Å²) in [4.78, 5) is 0. The molecule has 0 fully saturated rings. The summed E-state index contributed by atoms with van der Waals surface area (Å²) >= 11 is 2.56. The van der Waals surface area contributed by atoms with Crippen molar-refractivity contribution in [3.05, 3.63) is 79.6 Å². The molecule has 0 aromatic carbocycles. The molecule has 0 aromatic heterocycles. The van der Waals surface area contributed by atoms with E-state index in [1.807, 2.05) is 0 Å². The van der Waals surface area contributed by atoms with Gasteiger partial charge in [-0.3, -0.25) is 0 Å². The van der Waals surface area contributed by atoms with Crippen molar-refractivity contribution in [2.24, 2.45) is 21.7 Å². The van der Waals surface area contributed by atoms with Crippen molar-refractivity contribution < 1.29 is 0 Å². The highest BCUT2D eigenvalue weighted by molar-refractivity contribution is 14.1. The van der Waals surface area contributed by atoms with Crippen LogP contribution in [0.15, 0.2) is 79.6 Å². The molecule has 4 aliphatic carbocycles. The van der Waals surface area contributed by atoms with Gasteiger partial charge in [0.25, 0.3) is 0 Å². The smallest absolute Gasteiger partial charge is 0.0319 e. The molecule has 0 radical (unpaired) electrons. The summed E-state index contributed by atoms with van der Waals surface area (Å²) in [5.41, 5.74) is 9.00. The number of hydrogen-bond donors (Lipinski definition) is 0. The first-order valence-corrected chi connectivity index (χ1v) is 11.1. The van der Waals surface area contributed by atoms with Crippen LogP contribution in [0.3, 0.4) is 0 Å².